The smallest absolute Gasteiger partial charge is 0.226 e. The first-order valence-corrected chi connectivity index (χ1v) is 7.12. The summed E-state index contributed by atoms with van der Waals surface area (Å²) < 4.78 is 18.6. The quantitative estimate of drug-likeness (QED) is 0.737. The molecule has 6 heteroatoms. The zero-order valence-corrected chi connectivity index (χ0v) is 12.5. The van der Waals surface area contributed by atoms with E-state index < -0.39 is 12.4 Å². The van der Waals surface area contributed by atoms with E-state index in [4.69, 9.17) is 16.0 Å². The molecule has 0 amide bonds. The Kier molecular flexibility index (Phi) is 4.12. The topological polar surface area (TPSA) is 66.2 Å². The molecule has 116 valence electrons. The zero-order valence-electron chi connectivity index (χ0n) is 11.8. The molecule has 4 nitrogen and oxygen atoms in total. The molecule has 0 spiro atoms. The second-order valence-corrected chi connectivity index (χ2v) is 5.29. The average molecular weight is 331 g/mol. The van der Waals surface area contributed by atoms with Crippen molar-refractivity contribution in [3.63, 3.8) is 0 Å². The van der Waals surface area contributed by atoms with Crippen molar-refractivity contribution in [2.45, 2.75) is 6.42 Å². The minimum atomic E-state index is -1.28. The van der Waals surface area contributed by atoms with Crippen LogP contribution in [0, 0.1) is 5.82 Å². The van der Waals surface area contributed by atoms with E-state index in [1.54, 1.807) is 24.3 Å². The highest BCUT2D eigenvalue weighted by Crippen LogP contribution is 2.30. The van der Waals surface area contributed by atoms with Gasteiger partial charge in [-0.2, -0.15) is 0 Å². The van der Waals surface area contributed by atoms with Crippen LogP contribution in [0.1, 0.15) is 5.76 Å². The lowest BCUT2D eigenvalue weighted by Gasteiger charge is -2.02. The van der Waals surface area contributed by atoms with E-state index in [2.05, 4.69) is 4.98 Å². The fourth-order valence-electron chi connectivity index (χ4n) is 2.15. The summed E-state index contributed by atoms with van der Waals surface area (Å²) in [6, 6.07) is 12.4. The fourth-order valence-corrected chi connectivity index (χ4v) is 2.28. The Morgan fingerprint density at radius 3 is 2.30 bits per heavy atom. The Hall–Kier alpha value is -2.66. The molecule has 0 aliphatic carbocycles. The number of hydrogen-bond acceptors (Lipinski definition) is 4. The SMILES string of the molecule is O=C([O-])Cc1oc(-c2ccc(F)cc2)nc1-c1ccc(Cl)cc1. The molecule has 0 radical (unpaired) electrons. The normalized spacial score (nSPS) is 10.7. The molecule has 0 N–H and O–H groups in total. The highest BCUT2D eigenvalue weighted by Gasteiger charge is 2.16. The molecule has 1 heterocycles. The number of aromatic nitrogens is 1. The molecule has 3 aromatic rings. The van der Waals surface area contributed by atoms with Gasteiger partial charge in [-0.15, -0.1) is 0 Å². The summed E-state index contributed by atoms with van der Waals surface area (Å²) >= 11 is 5.86. The number of aliphatic carboxylic acids is 1. The lowest BCUT2D eigenvalue weighted by Crippen LogP contribution is -2.24. The molecule has 0 saturated carbocycles. The molecule has 3 rings (SSSR count). The lowest BCUT2D eigenvalue weighted by atomic mass is 10.1. The molecule has 0 saturated heterocycles. The molecule has 0 unspecified atom stereocenters. The van der Waals surface area contributed by atoms with E-state index in [1.165, 1.54) is 24.3 Å². The van der Waals surface area contributed by atoms with Gasteiger partial charge in [0, 0.05) is 28.5 Å². The van der Waals surface area contributed by atoms with Gasteiger partial charge in [0.2, 0.25) is 5.89 Å². The van der Waals surface area contributed by atoms with Crippen LogP contribution in [-0.4, -0.2) is 11.0 Å². The monoisotopic (exact) mass is 330 g/mol. The predicted molar refractivity (Wildman–Crippen MR) is 81.1 cm³/mol. The van der Waals surface area contributed by atoms with Crippen molar-refractivity contribution in [1.82, 2.24) is 4.98 Å². The summed E-state index contributed by atoms with van der Waals surface area (Å²) in [4.78, 5) is 15.3. The second kappa shape index (κ2) is 6.22. The molecule has 1 aromatic heterocycles. The van der Waals surface area contributed by atoms with Gasteiger partial charge in [-0.3, -0.25) is 0 Å². The second-order valence-electron chi connectivity index (χ2n) is 4.85. The largest absolute Gasteiger partial charge is 0.550 e. The summed E-state index contributed by atoms with van der Waals surface area (Å²) in [6.45, 7) is 0. The summed E-state index contributed by atoms with van der Waals surface area (Å²) in [5.41, 5.74) is 1.61. The van der Waals surface area contributed by atoms with E-state index in [-0.39, 0.29) is 17.5 Å². The third-order valence-corrected chi connectivity index (χ3v) is 3.46. The third-order valence-electron chi connectivity index (χ3n) is 3.21. The first-order chi connectivity index (χ1) is 11.0. The highest BCUT2D eigenvalue weighted by molar-refractivity contribution is 6.30. The van der Waals surface area contributed by atoms with Gasteiger partial charge in [-0.1, -0.05) is 23.7 Å². The first-order valence-electron chi connectivity index (χ1n) is 6.74. The summed E-state index contributed by atoms with van der Waals surface area (Å²) in [5, 5.41) is 11.5. The van der Waals surface area contributed by atoms with Crippen LogP contribution >= 0.6 is 11.6 Å². The molecule has 2 aromatic carbocycles. The Balaban J connectivity index is 2.08. The summed E-state index contributed by atoms with van der Waals surface area (Å²) in [5.74, 6) is -1.27. The molecule has 23 heavy (non-hydrogen) atoms. The van der Waals surface area contributed by atoms with Crippen molar-refractivity contribution in [1.29, 1.82) is 0 Å². The van der Waals surface area contributed by atoms with Gasteiger partial charge in [0.1, 0.15) is 17.3 Å². The van der Waals surface area contributed by atoms with E-state index in [1.807, 2.05) is 0 Å². The van der Waals surface area contributed by atoms with Crippen LogP contribution in [0.4, 0.5) is 4.39 Å². The van der Waals surface area contributed by atoms with Gasteiger partial charge in [-0.05, 0) is 36.4 Å². The van der Waals surface area contributed by atoms with Gasteiger partial charge in [-0.25, -0.2) is 9.37 Å². The minimum absolute atomic E-state index is 0.173. The number of benzene rings is 2. The third kappa shape index (κ3) is 3.40. The van der Waals surface area contributed by atoms with Gasteiger partial charge in [0.05, 0.1) is 0 Å². The van der Waals surface area contributed by atoms with E-state index in [0.29, 0.717) is 21.8 Å². The molecule has 0 fully saturated rings. The van der Waals surface area contributed by atoms with Crippen molar-refractivity contribution in [2.75, 3.05) is 0 Å². The Labute approximate surface area is 136 Å². The van der Waals surface area contributed by atoms with Crippen molar-refractivity contribution in [2.24, 2.45) is 0 Å². The number of carbonyl (C=O) groups excluding carboxylic acids is 1. The number of rotatable bonds is 4. The van der Waals surface area contributed by atoms with Crippen LogP contribution in [0.15, 0.2) is 52.9 Å². The Bertz CT molecular complexity index is 841. The van der Waals surface area contributed by atoms with Crippen molar-refractivity contribution in [3.05, 3.63) is 65.1 Å². The van der Waals surface area contributed by atoms with Crippen molar-refractivity contribution < 1.29 is 18.7 Å². The molecule has 0 aliphatic heterocycles. The molecular formula is C17H10ClFNO3-. The molecule has 0 atom stereocenters. The minimum Gasteiger partial charge on any atom is -0.550 e. The summed E-state index contributed by atoms with van der Waals surface area (Å²) in [7, 11) is 0. The van der Waals surface area contributed by atoms with E-state index in [9.17, 15) is 14.3 Å². The van der Waals surface area contributed by atoms with Gasteiger partial charge < -0.3 is 14.3 Å². The summed E-state index contributed by atoms with van der Waals surface area (Å²) in [6.07, 6.45) is -0.411. The van der Waals surface area contributed by atoms with E-state index >= 15 is 0 Å². The van der Waals surface area contributed by atoms with Gasteiger partial charge in [0.15, 0.2) is 0 Å². The Morgan fingerprint density at radius 2 is 1.70 bits per heavy atom. The highest BCUT2D eigenvalue weighted by atomic mass is 35.5. The molecular weight excluding hydrogens is 321 g/mol. The first kappa shape index (κ1) is 15.2. The van der Waals surface area contributed by atoms with Crippen LogP contribution in [0.2, 0.25) is 5.02 Å². The number of carboxylic acid groups (broad SMARTS) is 1. The standard InChI is InChI=1S/C17H11ClFNO3/c18-12-5-1-10(2-6-12)16-14(9-15(21)22)23-17(20-16)11-3-7-13(19)8-4-11/h1-8H,9H2,(H,21,22)/p-1. The van der Waals surface area contributed by atoms with E-state index in [0.717, 1.165) is 0 Å². The van der Waals surface area contributed by atoms with Gasteiger partial charge in [0.25, 0.3) is 0 Å². The van der Waals surface area contributed by atoms with Crippen LogP contribution in [-0.2, 0) is 11.2 Å². The van der Waals surface area contributed by atoms with Gasteiger partial charge >= 0.3 is 0 Å². The molecule has 0 bridgehead atoms. The Morgan fingerprint density at radius 1 is 1.09 bits per heavy atom. The van der Waals surface area contributed by atoms with Crippen LogP contribution in [0.3, 0.4) is 0 Å². The number of nitrogens with zero attached hydrogens (tertiary/aromatic N) is 1. The number of carbonyl (C=O) groups is 1. The van der Waals surface area contributed by atoms with Crippen LogP contribution < -0.4 is 5.11 Å². The zero-order chi connectivity index (χ0) is 16.4. The number of carboxylic acids is 1. The fraction of sp³-hybridized carbons (Fsp3) is 0.0588. The van der Waals surface area contributed by atoms with Crippen molar-refractivity contribution >= 4 is 17.6 Å². The maximum Gasteiger partial charge on any atom is 0.226 e. The maximum atomic E-state index is 13.0. The number of halogens is 2. The van der Waals surface area contributed by atoms with Crippen molar-refractivity contribution in [3.8, 4) is 22.7 Å². The maximum absolute atomic E-state index is 13.0. The van der Waals surface area contributed by atoms with Crippen LogP contribution in [0.25, 0.3) is 22.7 Å². The lowest BCUT2D eigenvalue weighted by molar-refractivity contribution is -0.305. The predicted octanol–water partition coefficient (Wildman–Crippen LogP) is 3.09. The molecule has 0 aliphatic rings. The number of hydrogen-bond donors (Lipinski definition) is 0. The average Bonchev–Trinajstić information content (AvgIpc) is 2.92. The van der Waals surface area contributed by atoms with Crippen LogP contribution in [0.5, 0.6) is 0 Å². The number of oxazole rings is 1.